The van der Waals surface area contributed by atoms with E-state index in [1.165, 1.54) is 18.4 Å². The number of para-hydroxylation sites is 1. The van der Waals surface area contributed by atoms with E-state index < -0.39 is 0 Å². The predicted octanol–water partition coefficient (Wildman–Crippen LogP) is 4.16. The smallest absolute Gasteiger partial charge is 0.142 e. The summed E-state index contributed by atoms with van der Waals surface area (Å²) in [6.45, 7) is 5.14. The van der Waals surface area contributed by atoms with Gasteiger partial charge in [-0.25, -0.2) is 0 Å². The monoisotopic (exact) mass is 267 g/mol. The minimum Gasteiger partial charge on any atom is -0.489 e. The van der Waals surface area contributed by atoms with Gasteiger partial charge in [0.15, 0.2) is 0 Å². The predicted molar refractivity (Wildman–Crippen MR) is 76.3 cm³/mol. The van der Waals surface area contributed by atoms with Crippen molar-refractivity contribution in [3.63, 3.8) is 0 Å². The van der Waals surface area contributed by atoms with Crippen LogP contribution in [0.15, 0.2) is 18.2 Å². The van der Waals surface area contributed by atoms with Crippen molar-refractivity contribution in [1.29, 1.82) is 0 Å². The Hall–Kier alpha value is -0.730. The lowest BCUT2D eigenvalue weighted by Crippen LogP contribution is -2.19. The van der Waals surface area contributed by atoms with Gasteiger partial charge in [-0.1, -0.05) is 37.6 Å². The quantitative estimate of drug-likeness (QED) is 0.801. The molecule has 0 atom stereocenters. The Morgan fingerprint density at radius 2 is 2.06 bits per heavy atom. The third kappa shape index (κ3) is 3.63. The second-order valence-electron chi connectivity index (χ2n) is 4.94. The molecule has 1 fully saturated rings. The molecule has 1 aromatic rings. The van der Waals surface area contributed by atoms with Crippen molar-refractivity contribution in [3.05, 3.63) is 28.8 Å². The van der Waals surface area contributed by atoms with Crippen LogP contribution >= 0.6 is 11.6 Å². The molecule has 0 bridgehead atoms. The highest BCUT2D eigenvalue weighted by atomic mass is 35.5. The number of halogens is 1. The Balaban J connectivity index is 2.08. The molecule has 0 unspecified atom stereocenters. The van der Waals surface area contributed by atoms with Crippen molar-refractivity contribution in [1.82, 2.24) is 5.32 Å². The topological polar surface area (TPSA) is 21.3 Å². The summed E-state index contributed by atoms with van der Waals surface area (Å²) in [5.41, 5.74) is 1.17. The average molecular weight is 268 g/mol. The zero-order valence-corrected chi connectivity index (χ0v) is 12.0. The van der Waals surface area contributed by atoms with Crippen LogP contribution in [0.3, 0.4) is 0 Å². The van der Waals surface area contributed by atoms with Gasteiger partial charge < -0.3 is 10.1 Å². The van der Waals surface area contributed by atoms with Crippen molar-refractivity contribution < 1.29 is 4.74 Å². The number of benzene rings is 1. The maximum Gasteiger partial charge on any atom is 0.142 e. The van der Waals surface area contributed by atoms with Gasteiger partial charge in [-0.2, -0.15) is 0 Å². The zero-order valence-electron chi connectivity index (χ0n) is 11.2. The molecule has 1 saturated carbocycles. The molecule has 2 nitrogen and oxygen atoms in total. The van der Waals surface area contributed by atoms with E-state index in [1.807, 2.05) is 12.1 Å². The third-order valence-corrected chi connectivity index (χ3v) is 3.70. The first-order valence-electron chi connectivity index (χ1n) is 6.92. The number of nitrogens with one attached hydrogen (secondary N) is 1. The lowest BCUT2D eigenvalue weighted by atomic mass is 10.1. The summed E-state index contributed by atoms with van der Waals surface area (Å²) in [5, 5.41) is 4.23. The molecule has 100 valence electrons. The molecular weight excluding hydrogens is 246 g/mol. The Kier molecular flexibility index (Phi) is 4.90. The molecule has 1 aliphatic rings. The molecule has 0 heterocycles. The maximum atomic E-state index is 6.27. The third-order valence-electron chi connectivity index (χ3n) is 3.40. The average Bonchev–Trinajstić information content (AvgIpc) is 3.19. The molecule has 2 rings (SSSR count). The Morgan fingerprint density at radius 1 is 1.33 bits per heavy atom. The van der Waals surface area contributed by atoms with Gasteiger partial charge in [0, 0.05) is 18.2 Å². The first-order valence-corrected chi connectivity index (χ1v) is 7.29. The molecule has 0 amide bonds. The van der Waals surface area contributed by atoms with E-state index >= 15 is 0 Å². The zero-order chi connectivity index (χ0) is 13.0. The Bertz CT molecular complexity index is 386. The SMILES string of the molecule is CCC(CC)Oc1c(Cl)cccc1CNC1CC1. The van der Waals surface area contributed by atoms with Crippen molar-refractivity contribution in [2.24, 2.45) is 0 Å². The van der Waals surface area contributed by atoms with Crippen LogP contribution in [-0.2, 0) is 6.54 Å². The molecule has 1 aliphatic carbocycles. The lowest BCUT2D eigenvalue weighted by Gasteiger charge is -2.19. The summed E-state index contributed by atoms with van der Waals surface area (Å²) in [6.07, 6.45) is 4.87. The number of rotatable bonds is 7. The summed E-state index contributed by atoms with van der Waals surface area (Å²) >= 11 is 6.27. The molecule has 1 aromatic carbocycles. The van der Waals surface area contributed by atoms with Crippen LogP contribution in [0.25, 0.3) is 0 Å². The van der Waals surface area contributed by atoms with Crippen LogP contribution in [-0.4, -0.2) is 12.1 Å². The van der Waals surface area contributed by atoms with Crippen molar-refractivity contribution in [2.45, 2.75) is 58.2 Å². The second-order valence-corrected chi connectivity index (χ2v) is 5.35. The molecule has 18 heavy (non-hydrogen) atoms. The Labute approximate surface area is 115 Å². The van der Waals surface area contributed by atoms with Gasteiger partial charge in [-0.05, 0) is 31.7 Å². The van der Waals surface area contributed by atoms with E-state index in [2.05, 4.69) is 25.2 Å². The standard InChI is InChI=1S/C15H22ClNO/c1-3-13(4-2)18-15-11(6-5-7-14(15)16)10-17-12-8-9-12/h5-7,12-13,17H,3-4,8-10H2,1-2H3. The molecule has 1 N–H and O–H groups in total. The summed E-state index contributed by atoms with van der Waals surface area (Å²) in [5.74, 6) is 0.862. The minimum atomic E-state index is 0.254. The summed E-state index contributed by atoms with van der Waals surface area (Å²) in [6, 6.07) is 6.69. The van der Waals surface area contributed by atoms with Gasteiger partial charge in [0.05, 0.1) is 11.1 Å². The van der Waals surface area contributed by atoms with Crippen LogP contribution < -0.4 is 10.1 Å². The molecule has 0 aromatic heterocycles. The number of hydrogen-bond acceptors (Lipinski definition) is 2. The fraction of sp³-hybridized carbons (Fsp3) is 0.600. The van der Waals surface area contributed by atoms with Gasteiger partial charge in [0.25, 0.3) is 0 Å². The minimum absolute atomic E-state index is 0.254. The van der Waals surface area contributed by atoms with Crippen LogP contribution in [0.5, 0.6) is 5.75 Å². The second kappa shape index (κ2) is 6.44. The highest BCUT2D eigenvalue weighted by Crippen LogP contribution is 2.31. The van der Waals surface area contributed by atoms with Crippen molar-refractivity contribution in [2.75, 3.05) is 0 Å². The van der Waals surface area contributed by atoms with Crippen LogP contribution in [0, 0.1) is 0 Å². The molecule has 0 saturated heterocycles. The fourth-order valence-corrected chi connectivity index (χ4v) is 2.23. The lowest BCUT2D eigenvalue weighted by molar-refractivity contribution is 0.191. The Morgan fingerprint density at radius 3 is 2.67 bits per heavy atom. The van der Waals surface area contributed by atoms with E-state index in [1.54, 1.807) is 0 Å². The highest BCUT2D eigenvalue weighted by Gasteiger charge is 2.21. The van der Waals surface area contributed by atoms with E-state index in [0.29, 0.717) is 6.04 Å². The van der Waals surface area contributed by atoms with Gasteiger partial charge in [0.2, 0.25) is 0 Å². The maximum absolute atomic E-state index is 6.27. The number of hydrogen-bond donors (Lipinski definition) is 1. The number of ether oxygens (including phenoxy) is 1. The van der Waals surface area contributed by atoms with Gasteiger partial charge in [-0.15, -0.1) is 0 Å². The van der Waals surface area contributed by atoms with Gasteiger partial charge in [-0.3, -0.25) is 0 Å². The van der Waals surface area contributed by atoms with E-state index in [9.17, 15) is 0 Å². The molecule has 3 heteroatoms. The fourth-order valence-electron chi connectivity index (χ4n) is 1.99. The molecule has 0 radical (unpaired) electrons. The molecule has 0 spiro atoms. The molecule has 0 aliphatic heterocycles. The first-order chi connectivity index (χ1) is 8.74. The highest BCUT2D eigenvalue weighted by molar-refractivity contribution is 6.32. The summed E-state index contributed by atoms with van der Waals surface area (Å²) in [4.78, 5) is 0. The molecular formula is C15H22ClNO. The van der Waals surface area contributed by atoms with Crippen molar-refractivity contribution >= 4 is 11.6 Å². The van der Waals surface area contributed by atoms with Crippen LogP contribution in [0.1, 0.15) is 45.1 Å². The van der Waals surface area contributed by atoms with E-state index in [0.717, 1.165) is 30.2 Å². The van der Waals surface area contributed by atoms with Crippen molar-refractivity contribution in [3.8, 4) is 5.75 Å². The van der Waals surface area contributed by atoms with Gasteiger partial charge >= 0.3 is 0 Å². The van der Waals surface area contributed by atoms with Crippen LogP contribution in [0.4, 0.5) is 0 Å². The first kappa shape index (κ1) is 13.7. The largest absolute Gasteiger partial charge is 0.489 e. The van der Waals surface area contributed by atoms with Gasteiger partial charge in [0.1, 0.15) is 5.75 Å². The summed E-state index contributed by atoms with van der Waals surface area (Å²) in [7, 11) is 0. The summed E-state index contributed by atoms with van der Waals surface area (Å²) < 4.78 is 6.06. The normalized spacial score (nSPS) is 15.1. The van der Waals surface area contributed by atoms with Crippen LogP contribution in [0.2, 0.25) is 5.02 Å². The van der Waals surface area contributed by atoms with E-state index in [-0.39, 0.29) is 6.10 Å². The van der Waals surface area contributed by atoms with E-state index in [4.69, 9.17) is 16.3 Å².